The van der Waals surface area contributed by atoms with E-state index >= 15 is 0 Å². The van der Waals surface area contributed by atoms with Crippen LogP contribution in [-0.4, -0.2) is 17.1 Å². The van der Waals surface area contributed by atoms with E-state index in [1.165, 1.54) is 0 Å². The summed E-state index contributed by atoms with van der Waals surface area (Å²) in [5.41, 5.74) is 2.47. The van der Waals surface area contributed by atoms with Crippen LogP contribution in [0.25, 0.3) is 0 Å². The van der Waals surface area contributed by atoms with Crippen molar-refractivity contribution in [3.63, 3.8) is 0 Å². The first-order valence-corrected chi connectivity index (χ1v) is 6.57. The summed E-state index contributed by atoms with van der Waals surface area (Å²) in [6.07, 6.45) is 1.88. The molecule has 0 amide bonds. The van der Waals surface area contributed by atoms with Crippen molar-refractivity contribution >= 4 is 17.6 Å². The van der Waals surface area contributed by atoms with Gasteiger partial charge in [-0.05, 0) is 37.1 Å². The third-order valence-corrected chi connectivity index (χ3v) is 3.30. The lowest BCUT2D eigenvalue weighted by Gasteiger charge is -2.10. The molecule has 0 aliphatic carbocycles. The second kappa shape index (κ2) is 5.93. The molecule has 0 aliphatic heterocycles. The van der Waals surface area contributed by atoms with E-state index < -0.39 is 0 Å². The molecule has 0 bridgehead atoms. The van der Waals surface area contributed by atoms with Gasteiger partial charge in [0.25, 0.3) is 0 Å². The van der Waals surface area contributed by atoms with E-state index in [1.54, 1.807) is 6.92 Å². The summed E-state index contributed by atoms with van der Waals surface area (Å²) in [6.45, 7) is 4.63. The average molecular weight is 278 g/mol. The molecule has 0 N–H and O–H groups in total. The number of nitrogens with zero attached hydrogens (tertiary/aromatic N) is 1. The van der Waals surface area contributed by atoms with Gasteiger partial charge in [-0.25, -0.2) is 4.79 Å². The highest BCUT2D eigenvalue weighted by Crippen LogP contribution is 2.19. The van der Waals surface area contributed by atoms with Gasteiger partial charge < -0.3 is 9.30 Å². The molecule has 4 heteroatoms. The molecular weight excluding hydrogens is 262 g/mol. The topological polar surface area (TPSA) is 31.2 Å². The molecule has 1 aromatic heterocycles. The fraction of sp³-hybridized carbons (Fsp3) is 0.267. The van der Waals surface area contributed by atoms with Crippen LogP contribution in [0.2, 0.25) is 5.02 Å². The van der Waals surface area contributed by atoms with E-state index in [-0.39, 0.29) is 5.97 Å². The van der Waals surface area contributed by atoms with Crippen LogP contribution in [0.15, 0.2) is 36.5 Å². The normalized spacial score (nSPS) is 10.5. The van der Waals surface area contributed by atoms with Crippen LogP contribution in [0, 0.1) is 6.92 Å². The number of hydrogen-bond acceptors (Lipinski definition) is 2. The Labute approximate surface area is 117 Å². The minimum absolute atomic E-state index is 0.294. The van der Waals surface area contributed by atoms with Crippen molar-refractivity contribution in [2.75, 3.05) is 6.61 Å². The van der Waals surface area contributed by atoms with Crippen molar-refractivity contribution in [3.05, 3.63) is 58.4 Å². The molecule has 19 heavy (non-hydrogen) atoms. The molecule has 2 rings (SSSR count). The van der Waals surface area contributed by atoms with E-state index in [1.807, 2.05) is 48.0 Å². The Kier molecular flexibility index (Phi) is 4.27. The van der Waals surface area contributed by atoms with Gasteiger partial charge >= 0.3 is 5.97 Å². The molecule has 0 unspecified atom stereocenters. The van der Waals surface area contributed by atoms with Crippen molar-refractivity contribution < 1.29 is 9.53 Å². The SMILES string of the molecule is CCOC(=O)c1c(C)ccn1Cc1ccccc1Cl. The van der Waals surface area contributed by atoms with Crippen LogP contribution in [0.3, 0.4) is 0 Å². The lowest BCUT2D eigenvalue weighted by molar-refractivity contribution is 0.0513. The van der Waals surface area contributed by atoms with E-state index in [2.05, 4.69) is 0 Å². The smallest absolute Gasteiger partial charge is 0.355 e. The maximum absolute atomic E-state index is 11.9. The fourth-order valence-corrected chi connectivity index (χ4v) is 2.20. The van der Waals surface area contributed by atoms with Gasteiger partial charge in [0.15, 0.2) is 0 Å². The summed E-state index contributed by atoms with van der Waals surface area (Å²) in [7, 11) is 0. The van der Waals surface area contributed by atoms with Crippen molar-refractivity contribution in [2.24, 2.45) is 0 Å². The molecule has 0 aliphatic rings. The molecular formula is C15H16ClNO2. The lowest BCUT2D eigenvalue weighted by Crippen LogP contribution is -2.13. The Bertz CT molecular complexity index is 590. The highest BCUT2D eigenvalue weighted by molar-refractivity contribution is 6.31. The van der Waals surface area contributed by atoms with Gasteiger partial charge in [0.1, 0.15) is 5.69 Å². The number of aromatic nitrogens is 1. The van der Waals surface area contributed by atoms with Crippen molar-refractivity contribution in [1.82, 2.24) is 4.57 Å². The zero-order chi connectivity index (χ0) is 13.8. The molecule has 0 atom stereocenters. The number of benzene rings is 1. The van der Waals surface area contributed by atoms with E-state index in [0.717, 1.165) is 11.1 Å². The van der Waals surface area contributed by atoms with Crippen LogP contribution < -0.4 is 0 Å². The number of carbonyl (C=O) groups excluding carboxylic acids is 1. The Morgan fingerprint density at radius 2 is 2.05 bits per heavy atom. The lowest BCUT2D eigenvalue weighted by atomic mass is 10.2. The quantitative estimate of drug-likeness (QED) is 0.799. The zero-order valence-electron chi connectivity index (χ0n) is 11.0. The van der Waals surface area contributed by atoms with Crippen LogP contribution in [0.5, 0.6) is 0 Å². The first-order valence-electron chi connectivity index (χ1n) is 6.19. The largest absolute Gasteiger partial charge is 0.461 e. The van der Waals surface area contributed by atoms with Gasteiger partial charge in [0.05, 0.1) is 6.61 Å². The Hall–Kier alpha value is -1.74. The molecule has 3 nitrogen and oxygen atoms in total. The van der Waals surface area contributed by atoms with Gasteiger partial charge in [0, 0.05) is 17.8 Å². The average Bonchev–Trinajstić information content (AvgIpc) is 2.74. The van der Waals surface area contributed by atoms with Gasteiger partial charge in [0.2, 0.25) is 0 Å². The number of aryl methyl sites for hydroxylation is 1. The highest BCUT2D eigenvalue weighted by atomic mass is 35.5. The number of esters is 1. The van der Waals surface area contributed by atoms with Gasteiger partial charge in [-0.2, -0.15) is 0 Å². The molecule has 0 radical (unpaired) electrons. The molecule has 0 fully saturated rings. The summed E-state index contributed by atoms with van der Waals surface area (Å²) >= 11 is 6.14. The Morgan fingerprint density at radius 3 is 2.74 bits per heavy atom. The highest BCUT2D eigenvalue weighted by Gasteiger charge is 2.16. The number of halogens is 1. The molecule has 1 heterocycles. The predicted molar refractivity (Wildman–Crippen MR) is 75.7 cm³/mol. The van der Waals surface area contributed by atoms with Gasteiger partial charge in [-0.1, -0.05) is 29.8 Å². The maximum Gasteiger partial charge on any atom is 0.355 e. The minimum Gasteiger partial charge on any atom is -0.461 e. The molecule has 0 saturated carbocycles. The molecule has 0 spiro atoms. The second-order valence-electron chi connectivity index (χ2n) is 4.29. The van der Waals surface area contributed by atoms with E-state index in [4.69, 9.17) is 16.3 Å². The molecule has 2 aromatic rings. The zero-order valence-corrected chi connectivity index (χ0v) is 11.8. The monoisotopic (exact) mass is 277 g/mol. The number of ether oxygens (including phenoxy) is 1. The van der Waals surface area contributed by atoms with Gasteiger partial charge in [-0.15, -0.1) is 0 Å². The van der Waals surface area contributed by atoms with E-state index in [0.29, 0.717) is 23.9 Å². The van der Waals surface area contributed by atoms with Crippen LogP contribution in [-0.2, 0) is 11.3 Å². The van der Waals surface area contributed by atoms with Crippen LogP contribution >= 0.6 is 11.6 Å². The number of hydrogen-bond donors (Lipinski definition) is 0. The van der Waals surface area contributed by atoms with Crippen LogP contribution in [0.1, 0.15) is 28.5 Å². The summed E-state index contributed by atoms with van der Waals surface area (Å²) in [4.78, 5) is 11.9. The van der Waals surface area contributed by atoms with Gasteiger partial charge in [-0.3, -0.25) is 0 Å². The summed E-state index contributed by atoms with van der Waals surface area (Å²) in [5, 5.41) is 0.698. The number of carbonyl (C=O) groups is 1. The predicted octanol–water partition coefficient (Wildman–Crippen LogP) is 3.67. The standard InChI is InChI=1S/C15H16ClNO2/c1-3-19-15(18)14-11(2)8-9-17(14)10-12-6-4-5-7-13(12)16/h4-9H,3,10H2,1-2H3. The Balaban J connectivity index is 2.31. The van der Waals surface area contributed by atoms with E-state index in [9.17, 15) is 4.79 Å². The third-order valence-electron chi connectivity index (χ3n) is 2.93. The minimum atomic E-state index is -0.294. The summed E-state index contributed by atoms with van der Waals surface area (Å²) in [6, 6.07) is 9.52. The van der Waals surface area contributed by atoms with Crippen molar-refractivity contribution in [3.8, 4) is 0 Å². The first kappa shape index (κ1) is 13.7. The Morgan fingerprint density at radius 1 is 1.32 bits per heavy atom. The third kappa shape index (κ3) is 2.99. The number of rotatable bonds is 4. The summed E-state index contributed by atoms with van der Waals surface area (Å²) < 4.78 is 6.95. The molecule has 100 valence electrons. The summed E-state index contributed by atoms with van der Waals surface area (Å²) in [5.74, 6) is -0.294. The maximum atomic E-state index is 11.9. The van der Waals surface area contributed by atoms with Crippen molar-refractivity contribution in [2.45, 2.75) is 20.4 Å². The fourth-order valence-electron chi connectivity index (χ4n) is 2.00. The molecule has 1 aromatic carbocycles. The van der Waals surface area contributed by atoms with Crippen molar-refractivity contribution in [1.29, 1.82) is 0 Å². The van der Waals surface area contributed by atoms with Crippen LogP contribution in [0.4, 0.5) is 0 Å². The molecule has 0 saturated heterocycles. The second-order valence-corrected chi connectivity index (χ2v) is 4.69. The first-order chi connectivity index (χ1) is 9.13.